The lowest BCUT2D eigenvalue weighted by molar-refractivity contribution is -0.116. The molecule has 1 N–H and O–H groups in total. The summed E-state index contributed by atoms with van der Waals surface area (Å²) in [6, 6.07) is 15.6. The number of hydrogen-bond acceptors (Lipinski definition) is 2. The molecule has 2 aromatic rings. The van der Waals surface area contributed by atoms with Gasteiger partial charge in [0.1, 0.15) is 5.75 Å². The number of anilines is 1. The highest BCUT2D eigenvalue weighted by atomic mass is 79.9. The molecule has 4 heteroatoms. The van der Waals surface area contributed by atoms with E-state index in [9.17, 15) is 4.79 Å². The van der Waals surface area contributed by atoms with Gasteiger partial charge in [-0.25, -0.2) is 0 Å². The summed E-state index contributed by atoms with van der Waals surface area (Å²) >= 11 is 3.39. The predicted octanol–water partition coefficient (Wildman–Crippen LogP) is 4.30. The van der Waals surface area contributed by atoms with Gasteiger partial charge in [0.15, 0.2) is 0 Å². The van der Waals surface area contributed by atoms with E-state index in [4.69, 9.17) is 4.74 Å². The molecule has 0 bridgehead atoms. The maximum Gasteiger partial charge on any atom is 0.227 e. The lowest BCUT2D eigenvalue weighted by Gasteiger charge is -2.08. The van der Waals surface area contributed by atoms with Gasteiger partial charge in [-0.05, 0) is 42.3 Å². The van der Waals surface area contributed by atoms with Crippen LogP contribution in [-0.4, -0.2) is 12.5 Å². The Morgan fingerprint density at radius 2 is 1.95 bits per heavy atom. The minimum absolute atomic E-state index is 0.0470. The van der Waals surface area contributed by atoms with Gasteiger partial charge in [-0.1, -0.05) is 40.2 Å². The fraction of sp³-hybridized carbons (Fsp3) is 0.235. The van der Waals surface area contributed by atoms with Crippen LogP contribution in [0.4, 0.5) is 5.69 Å². The van der Waals surface area contributed by atoms with Crippen molar-refractivity contribution in [3.63, 3.8) is 0 Å². The van der Waals surface area contributed by atoms with Gasteiger partial charge in [-0.3, -0.25) is 4.79 Å². The molecule has 0 heterocycles. The first-order valence-corrected chi connectivity index (χ1v) is 7.94. The summed E-state index contributed by atoms with van der Waals surface area (Å²) in [5, 5.41) is 3.67. The molecule has 3 nitrogen and oxygen atoms in total. The molecule has 0 radical (unpaired) electrons. The zero-order valence-electron chi connectivity index (χ0n) is 11.9. The van der Waals surface area contributed by atoms with Crippen molar-refractivity contribution >= 4 is 27.5 Å². The number of amides is 1. The molecule has 2 rings (SSSR count). The highest BCUT2D eigenvalue weighted by Gasteiger charge is 2.03. The van der Waals surface area contributed by atoms with Crippen molar-refractivity contribution in [3.8, 4) is 5.75 Å². The molecule has 0 aromatic heterocycles. The monoisotopic (exact) mass is 347 g/mol. The Kier molecular flexibility index (Phi) is 5.81. The van der Waals surface area contributed by atoms with Gasteiger partial charge in [0, 0.05) is 11.0 Å². The number of carbonyl (C=O) groups is 1. The van der Waals surface area contributed by atoms with E-state index in [0.29, 0.717) is 13.0 Å². The molecule has 0 fully saturated rings. The first-order valence-electron chi connectivity index (χ1n) is 6.81. The molecule has 0 aliphatic heterocycles. The van der Waals surface area contributed by atoms with Gasteiger partial charge in [0.05, 0.1) is 13.0 Å². The van der Waals surface area contributed by atoms with E-state index < -0.39 is 0 Å². The van der Waals surface area contributed by atoms with Crippen molar-refractivity contribution in [1.29, 1.82) is 0 Å². The Morgan fingerprint density at radius 1 is 1.19 bits per heavy atom. The maximum atomic E-state index is 11.8. The van der Waals surface area contributed by atoms with Crippen molar-refractivity contribution in [2.45, 2.75) is 18.7 Å². The number of hydrogen-bond donors (Lipinski definition) is 1. The topological polar surface area (TPSA) is 38.3 Å². The van der Waals surface area contributed by atoms with Crippen molar-refractivity contribution < 1.29 is 9.53 Å². The average molecular weight is 348 g/mol. The zero-order valence-corrected chi connectivity index (χ0v) is 13.5. The van der Waals surface area contributed by atoms with Crippen LogP contribution in [0.25, 0.3) is 0 Å². The second-order valence-corrected chi connectivity index (χ2v) is 5.35. The molecule has 0 aliphatic rings. The summed E-state index contributed by atoms with van der Waals surface area (Å²) in [6.45, 7) is 2.38. The largest absolute Gasteiger partial charge is 0.493 e. The molecule has 2 aromatic carbocycles. The summed E-state index contributed by atoms with van der Waals surface area (Å²) in [4.78, 5) is 11.8. The van der Waals surface area contributed by atoms with Crippen molar-refractivity contribution in [1.82, 2.24) is 0 Å². The molecule has 110 valence electrons. The summed E-state index contributed by atoms with van der Waals surface area (Å²) in [5.41, 5.74) is 3.12. The van der Waals surface area contributed by atoms with Crippen LogP contribution < -0.4 is 10.1 Å². The fourth-order valence-electron chi connectivity index (χ4n) is 1.87. The van der Waals surface area contributed by atoms with Gasteiger partial charge in [-0.2, -0.15) is 0 Å². The van der Waals surface area contributed by atoms with Crippen LogP contribution in [0.1, 0.15) is 17.5 Å². The fourth-order valence-corrected chi connectivity index (χ4v) is 2.24. The Hall–Kier alpha value is -1.81. The molecule has 21 heavy (non-hydrogen) atoms. The Bertz CT molecular complexity index is 596. The van der Waals surface area contributed by atoms with E-state index in [-0.39, 0.29) is 5.91 Å². The molecular weight excluding hydrogens is 330 g/mol. The second kappa shape index (κ2) is 7.84. The number of carbonyl (C=O) groups excluding carboxylic acids is 1. The first kappa shape index (κ1) is 15.6. The maximum absolute atomic E-state index is 11.8. The molecule has 1 amide bonds. The van der Waals surface area contributed by atoms with Crippen LogP contribution in [0.3, 0.4) is 0 Å². The number of alkyl halides is 1. The number of nitrogens with one attached hydrogen (secondary N) is 1. The molecule has 0 aliphatic carbocycles. The van der Waals surface area contributed by atoms with Gasteiger partial charge in [-0.15, -0.1) is 0 Å². The predicted molar refractivity (Wildman–Crippen MR) is 89.0 cm³/mol. The SMILES string of the molecule is Cc1cccc(OCCC(=O)Nc2ccc(CBr)cc2)c1. The Labute approximate surface area is 133 Å². The molecular formula is C17H18BrNO2. The molecule has 0 atom stereocenters. The normalized spacial score (nSPS) is 10.2. The Balaban J connectivity index is 1.76. The lowest BCUT2D eigenvalue weighted by Crippen LogP contribution is -2.15. The molecule has 0 unspecified atom stereocenters. The number of aryl methyl sites for hydroxylation is 1. The van der Waals surface area contributed by atoms with Crippen LogP contribution in [0.2, 0.25) is 0 Å². The standard InChI is InChI=1S/C17H18BrNO2/c1-13-3-2-4-16(11-13)21-10-9-17(20)19-15-7-5-14(12-18)6-8-15/h2-8,11H,9-10,12H2,1H3,(H,19,20). The highest BCUT2D eigenvalue weighted by molar-refractivity contribution is 9.08. The third-order valence-electron chi connectivity index (χ3n) is 2.98. The van der Waals surface area contributed by atoms with Gasteiger partial charge in [0.2, 0.25) is 5.91 Å². The van der Waals surface area contributed by atoms with Crippen LogP contribution in [-0.2, 0) is 10.1 Å². The van der Waals surface area contributed by atoms with Gasteiger partial charge >= 0.3 is 0 Å². The minimum atomic E-state index is -0.0470. The first-order chi connectivity index (χ1) is 10.2. The van der Waals surface area contributed by atoms with Crippen LogP contribution in [0.15, 0.2) is 48.5 Å². The number of benzene rings is 2. The zero-order chi connectivity index (χ0) is 15.1. The third kappa shape index (κ3) is 5.23. The number of ether oxygens (including phenoxy) is 1. The van der Waals surface area contributed by atoms with Crippen LogP contribution in [0.5, 0.6) is 5.75 Å². The second-order valence-electron chi connectivity index (χ2n) is 4.79. The van der Waals surface area contributed by atoms with Crippen molar-refractivity contribution in [2.24, 2.45) is 0 Å². The van der Waals surface area contributed by atoms with E-state index in [0.717, 1.165) is 22.3 Å². The molecule has 0 spiro atoms. The third-order valence-corrected chi connectivity index (χ3v) is 3.63. The van der Waals surface area contributed by atoms with Gasteiger partial charge in [0.25, 0.3) is 0 Å². The summed E-state index contributed by atoms with van der Waals surface area (Å²) in [5.74, 6) is 0.749. The summed E-state index contributed by atoms with van der Waals surface area (Å²) in [7, 11) is 0. The van der Waals surface area contributed by atoms with E-state index in [1.165, 1.54) is 5.56 Å². The van der Waals surface area contributed by atoms with Crippen molar-refractivity contribution in [3.05, 3.63) is 59.7 Å². The molecule has 0 saturated heterocycles. The van der Waals surface area contributed by atoms with Crippen LogP contribution >= 0.6 is 15.9 Å². The van der Waals surface area contributed by atoms with Crippen molar-refractivity contribution in [2.75, 3.05) is 11.9 Å². The minimum Gasteiger partial charge on any atom is -0.493 e. The van der Waals surface area contributed by atoms with E-state index >= 15 is 0 Å². The summed E-state index contributed by atoms with van der Waals surface area (Å²) < 4.78 is 5.56. The smallest absolute Gasteiger partial charge is 0.227 e. The highest BCUT2D eigenvalue weighted by Crippen LogP contribution is 2.14. The average Bonchev–Trinajstić information content (AvgIpc) is 2.48. The summed E-state index contributed by atoms with van der Waals surface area (Å²) in [6.07, 6.45) is 0.328. The van der Waals surface area contributed by atoms with Gasteiger partial charge < -0.3 is 10.1 Å². The van der Waals surface area contributed by atoms with E-state index in [1.807, 2.05) is 55.5 Å². The number of rotatable bonds is 6. The van der Waals surface area contributed by atoms with E-state index in [2.05, 4.69) is 21.2 Å². The van der Waals surface area contributed by atoms with Crippen LogP contribution in [0, 0.1) is 6.92 Å². The lowest BCUT2D eigenvalue weighted by atomic mass is 10.2. The quantitative estimate of drug-likeness (QED) is 0.791. The Morgan fingerprint density at radius 3 is 2.62 bits per heavy atom. The molecule has 0 saturated carbocycles. The van der Waals surface area contributed by atoms with E-state index in [1.54, 1.807) is 0 Å². The number of halogens is 1.